The topological polar surface area (TPSA) is 29.5 Å². The van der Waals surface area contributed by atoms with Crippen LogP contribution < -0.4 is 4.74 Å². The Morgan fingerprint density at radius 2 is 1.88 bits per heavy atom. The molecule has 1 unspecified atom stereocenters. The number of aliphatic hydroxyl groups excluding tert-OH is 1. The van der Waals surface area contributed by atoms with Crippen LogP contribution in [0.5, 0.6) is 5.75 Å². The number of hydrogen-bond donors (Lipinski definition) is 1. The van der Waals surface area contributed by atoms with Gasteiger partial charge in [0.05, 0.1) is 6.61 Å². The Labute approximate surface area is 96.1 Å². The number of ether oxygens (including phenoxy) is 1. The summed E-state index contributed by atoms with van der Waals surface area (Å²) in [7, 11) is 0. The standard InChI is InChI=1S/C13H19FO2/c1-10(2)7-11(8-15)9-16-13-5-3-12(14)4-6-13/h3-6,10-11,15H,7-9H2,1-2H3. The molecular formula is C13H19FO2. The maximum atomic E-state index is 12.6. The van der Waals surface area contributed by atoms with E-state index < -0.39 is 0 Å². The molecule has 0 fully saturated rings. The van der Waals surface area contributed by atoms with Crippen molar-refractivity contribution in [3.8, 4) is 5.75 Å². The Hall–Kier alpha value is -1.09. The molecule has 0 aliphatic carbocycles. The minimum Gasteiger partial charge on any atom is -0.493 e. The Kier molecular flexibility index (Phi) is 5.26. The predicted molar refractivity (Wildman–Crippen MR) is 61.9 cm³/mol. The quantitative estimate of drug-likeness (QED) is 0.808. The third-order valence-corrected chi connectivity index (χ3v) is 2.36. The Morgan fingerprint density at radius 3 is 2.38 bits per heavy atom. The molecule has 2 nitrogen and oxygen atoms in total. The second kappa shape index (κ2) is 6.48. The van der Waals surface area contributed by atoms with E-state index in [0.717, 1.165) is 6.42 Å². The normalized spacial score (nSPS) is 12.8. The summed E-state index contributed by atoms with van der Waals surface area (Å²) in [6, 6.07) is 5.93. The first-order valence-electron chi connectivity index (χ1n) is 5.61. The fraction of sp³-hybridized carbons (Fsp3) is 0.538. The van der Waals surface area contributed by atoms with E-state index in [1.165, 1.54) is 12.1 Å². The number of aliphatic hydroxyl groups is 1. The Morgan fingerprint density at radius 1 is 1.25 bits per heavy atom. The number of halogens is 1. The molecule has 0 radical (unpaired) electrons. The van der Waals surface area contributed by atoms with E-state index in [4.69, 9.17) is 9.84 Å². The summed E-state index contributed by atoms with van der Waals surface area (Å²) >= 11 is 0. The molecule has 0 heterocycles. The molecule has 1 N–H and O–H groups in total. The molecule has 0 aliphatic heterocycles. The first-order valence-corrected chi connectivity index (χ1v) is 5.61. The van der Waals surface area contributed by atoms with Crippen LogP contribution in [0.1, 0.15) is 20.3 Å². The summed E-state index contributed by atoms with van der Waals surface area (Å²) in [5.41, 5.74) is 0. The molecule has 0 spiro atoms. The van der Waals surface area contributed by atoms with Crippen molar-refractivity contribution >= 4 is 0 Å². The summed E-state index contributed by atoms with van der Waals surface area (Å²) in [5, 5.41) is 9.16. The molecule has 0 aliphatic rings. The molecule has 0 saturated heterocycles. The van der Waals surface area contributed by atoms with Crippen LogP contribution in [0.4, 0.5) is 4.39 Å². The van der Waals surface area contributed by atoms with Gasteiger partial charge in [-0.25, -0.2) is 4.39 Å². The zero-order chi connectivity index (χ0) is 12.0. The summed E-state index contributed by atoms with van der Waals surface area (Å²) < 4.78 is 18.1. The third kappa shape index (κ3) is 4.62. The molecule has 0 amide bonds. The van der Waals surface area contributed by atoms with Gasteiger partial charge in [0.1, 0.15) is 11.6 Å². The molecule has 1 aromatic rings. The maximum Gasteiger partial charge on any atom is 0.123 e. The molecular weight excluding hydrogens is 207 g/mol. The minimum atomic E-state index is -0.270. The molecule has 16 heavy (non-hydrogen) atoms. The highest BCUT2D eigenvalue weighted by atomic mass is 19.1. The first-order chi connectivity index (χ1) is 7.61. The van der Waals surface area contributed by atoms with Gasteiger partial charge in [0.25, 0.3) is 0 Å². The van der Waals surface area contributed by atoms with Gasteiger partial charge in [-0.2, -0.15) is 0 Å². The zero-order valence-electron chi connectivity index (χ0n) is 9.82. The average molecular weight is 226 g/mol. The van der Waals surface area contributed by atoms with E-state index in [9.17, 15) is 4.39 Å². The largest absolute Gasteiger partial charge is 0.493 e. The van der Waals surface area contributed by atoms with Crippen LogP contribution in [0.3, 0.4) is 0 Å². The summed E-state index contributed by atoms with van der Waals surface area (Å²) in [6.45, 7) is 4.82. The van der Waals surface area contributed by atoms with E-state index in [2.05, 4.69) is 13.8 Å². The summed E-state index contributed by atoms with van der Waals surface area (Å²) in [5.74, 6) is 1.05. The van der Waals surface area contributed by atoms with Crippen molar-refractivity contribution in [3.63, 3.8) is 0 Å². The molecule has 1 aromatic carbocycles. The molecule has 0 bridgehead atoms. The van der Waals surface area contributed by atoms with Crippen LogP contribution in [0.25, 0.3) is 0 Å². The van der Waals surface area contributed by atoms with E-state index in [1.54, 1.807) is 12.1 Å². The van der Waals surface area contributed by atoms with Crippen molar-refractivity contribution in [1.29, 1.82) is 0 Å². The second-order valence-corrected chi connectivity index (χ2v) is 4.44. The maximum absolute atomic E-state index is 12.6. The smallest absolute Gasteiger partial charge is 0.123 e. The highest BCUT2D eigenvalue weighted by molar-refractivity contribution is 5.21. The summed E-state index contributed by atoms with van der Waals surface area (Å²) in [4.78, 5) is 0. The fourth-order valence-corrected chi connectivity index (χ4v) is 1.61. The Balaban J connectivity index is 2.40. The van der Waals surface area contributed by atoms with Gasteiger partial charge in [0.15, 0.2) is 0 Å². The van der Waals surface area contributed by atoms with Gasteiger partial charge >= 0.3 is 0 Å². The lowest BCUT2D eigenvalue weighted by atomic mass is 9.99. The highest BCUT2D eigenvalue weighted by Gasteiger charge is 2.10. The van der Waals surface area contributed by atoms with Crippen molar-refractivity contribution in [3.05, 3.63) is 30.1 Å². The van der Waals surface area contributed by atoms with Crippen LogP contribution in [-0.2, 0) is 0 Å². The molecule has 3 heteroatoms. The van der Waals surface area contributed by atoms with E-state index >= 15 is 0 Å². The van der Waals surface area contributed by atoms with E-state index in [1.807, 2.05) is 0 Å². The van der Waals surface area contributed by atoms with Crippen LogP contribution in [-0.4, -0.2) is 18.3 Å². The summed E-state index contributed by atoms with van der Waals surface area (Å²) in [6.07, 6.45) is 0.928. The Bertz CT molecular complexity index is 295. The molecule has 1 atom stereocenters. The molecule has 0 saturated carbocycles. The van der Waals surface area contributed by atoms with E-state index in [0.29, 0.717) is 18.3 Å². The van der Waals surface area contributed by atoms with Gasteiger partial charge in [0.2, 0.25) is 0 Å². The van der Waals surface area contributed by atoms with Gasteiger partial charge in [-0.1, -0.05) is 13.8 Å². The number of hydrogen-bond acceptors (Lipinski definition) is 2. The lowest BCUT2D eigenvalue weighted by Crippen LogP contribution is -2.18. The van der Waals surface area contributed by atoms with Crippen molar-refractivity contribution < 1.29 is 14.2 Å². The lowest BCUT2D eigenvalue weighted by molar-refractivity contribution is 0.145. The van der Waals surface area contributed by atoms with Crippen LogP contribution in [0.15, 0.2) is 24.3 Å². The molecule has 90 valence electrons. The van der Waals surface area contributed by atoms with Gasteiger partial charge < -0.3 is 9.84 Å². The number of rotatable bonds is 6. The minimum absolute atomic E-state index is 0.124. The van der Waals surface area contributed by atoms with E-state index in [-0.39, 0.29) is 18.3 Å². The van der Waals surface area contributed by atoms with Crippen LogP contribution in [0, 0.1) is 17.7 Å². The van der Waals surface area contributed by atoms with Gasteiger partial charge in [-0.05, 0) is 36.6 Å². The fourth-order valence-electron chi connectivity index (χ4n) is 1.61. The average Bonchev–Trinajstić information content (AvgIpc) is 2.26. The molecule has 0 aromatic heterocycles. The van der Waals surface area contributed by atoms with Gasteiger partial charge in [0, 0.05) is 12.5 Å². The zero-order valence-corrected chi connectivity index (χ0v) is 9.82. The van der Waals surface area contributed by atoms with Crippen molar-refractivity contribution in [2.45, 2.75) is 20.3 Å². The van der Waals surface area contributed by atoms with Crippen LogP contribution >= 0.6 is 0 Å². The first kappa shape index (κ1) is 13.0. The molecule has 1 rings (SSSR count). The number of benzene rings is 1. The van der Waals surface area contributed by atoms with Crippen LogP contribution in [0.2, 0.25) is 0 Å². The SMILES string of the molecule is CC(C)CC(CO)COc1ccc(F)cc1. The van der Waals surface area contributed by atoms with Gasteiger partial charge in [-0.15, -0.1) is 0 Å². The van der Waals surface area contributed by atoms with Crippen molar-refractivity contribution in [2.24, 2.45) is 11.8 Å². The lowest BCUT2D eigenvalue weighted by Gasteiger charge is -2.17. The predicted octanol–water partition coefficient (Wildman–Crippen LogP) is 2.86. The van der Waals surface area contributed by atoms with Gasteiger partial charge in [-0.3, -0.25) is 0 Å². The monoisotopic (exact) mass is 226 g/mol. The third-order valence-electron chi connectivity index (χ3n) is 2.36. The van der Waals surface area contributed by atoms with Crippen molar-refractivity contribution in [1.82, 2.24) is 0 Å². The second-order valence-electron chi connectivity index (χ2n) is 4.44. The highest BCUT2D eigenvalue weighted by Crippen LogP contribution is 2.15. The van der Waals surface area contributed by atoms with Crippen molar-refractivity contribution in [2.75, 3.05) is 13.2 Å².